The topological polar surface area (TPSA) is 125 Å². The third-order valence-electron chi connectivity index (χ3n) is 6.83. The van der Waals surface area contributed by atoms with Gasteiger partial charge in [-0.3, -0.25) is 14.9 Å². The molecule has 1 aliphatic rings. The van der Waals surface area contributed by atoms with Crippen LogP contribution >= 0.6 is 11.8 Å². The largest absolute Gasteiger partial charge is 0.490 e. The highest BCUT2D eigenvalue weighted by atomic mass is 32.2. The van der Waals surface area contributed by atoms with E-state index in [1.807, 2.05) is 12.3 Å². The molecule has 1 fully saturated rings. The highest BCUT2D eigenvalue weighted by molar-refractivity contribution is 7.98. The molecule has 0 radical (unpaired) electrons. The lowest BCUT2D eigenvalue weighted by atomic mass is 9.86. The van der Waals surface area contributed by atoms with Gasteiger partial charge in [-0.2, -0.15) is 13.2 Å². The Hall–Kier alpha value is -4.01. The van der Waals surface area contributed by atoms with E-state index in [1.54, 1.807) is 42.5 Å². The number of alkyl halides is 3. The summed E-state index contributed by atoms with van der Waals surface area (Å²) in [5.41, 5.74) is 2.64. The highest BCUT2D eigenvalue weighted by Gasteiger charge is 2.38. The van der Waals surface area contributed by atoms with Crippen LogP contribution in [0.15, 0.2) is 65.6 Å². The lowest BCUT2D eigenvalue weighted by Gasteiger charge is -2.30. The third-order valence-corrected chi connectivity index (χ3v) is 7.61. The number of carbonyl (C=O) groups excluding carboxylic acids is 1. The molecular weight excluding hydrogens is 623 g/mol. The fourth-order valence-corrected chi connectivity index (χ4v) is 5.27. The molecule has 45 heavy (non-hydrogen) atoms. The molecule has 0 aromatic heterocycles. The molecule has 0 amide bonds. The quantitative estimate of drug-likeness (QED) is 0.116. The molecule has 1 heterocycles. The zero-order valence-electron chi connectivity index (χ0n) is 24.0. The smallest absolute Gasteiger partial charge is 0.489 e. The van der Waals surface area contributed by atoms with Gasteiger partial charge in [-0.25, -0.2) is 13.6 Å². The standard InChI is InChI=1S/C29H30F2N2O4S.C2HF3O2/c1-38-26-14-25(31)24(30)13-23(26)19-7-9-22(10-8-19)37-17-18-4-2-5-20(12-18)29(36)28(33-16-27(34)35)21-6-3-11-32-15-21;3-2(4,5)1(6)7/h2,4-5,7-10,12-14,21,28,32-33H,3,6,11,15-17H2,1H3,(H,34,35);(H,6,7). The second-order valence-electron chi connectivity index (χ2n) is 10.0. The Morgan fingerprint density at radius 1 is 1.04 bits per heavy atom. The van der Waals surface area contributed by atoms with Crippen molar-refractivity contribution in [1.29, 1.82) is 0 Å². The zero-order chi connectivity index (χ0) is 33.1. The van der Waals surface area contributed by atoms with E-state index in [1.165, 1.54) is 23.9 Å². The maximum absolute atomic E-state index is 13.8. The van der Waals surface area contributed by atoms with Crippen LogP contribution in [0.1, 0.15) is 28.8 Å². The lowest BCUT2D eigenvalue weighted by Crippen LogP contribution is -2.49. The van der Waals surface area contributed by atoms with Gasteiger partial charge in [0.15, 0.2) is 17.4 Å². The first kappa shape index (κ1) is 35.5. The maximum Gasteiger partial charge on any atom is 0.490 e. The Morgan fingerprint density at radius 3 is 2.29 bits per heavy atom. The van der Waals surface area contributed by atoms with E-state index in [9.17, 15) is 31.5 Å². The summed E-state index contributed by atoms with van der Waals surface area (Å²) in [6, 6.07) is 16.1. The minimum Gasteiger partial charge on any atom is -0.489 e. The van der Waals surface area contributed by atoms with Crippen LogP contribution in [-0.4, -0.2) is 66.0 Å². The van der Waals surface area contributed by atoms with Crippen LogP contribution in [-0.2, 0) is 16.2 Å². The molecule has 3 aromatic carbocycles. The average Bonchev–Trinajstić information content (AvgIpc) is 3.02. The number of Topliss-reactive ketones (excluding diaryl/α,β-unsaturated/α-hetero) is 1. The Kier molecular flexibility index (Phi) is 12.9. The first-order chi connectivity index (χ1) is 21.3. The molecule has 0 bridgehead atoms. The third kappa shape index (κ3) is 10.5. The van der Waals surface area contributed by atoms with E-state index in [2.05, 4.69) is 10.6 Å². The monoisotopic (exact) mass is 654 g/mol. The summed E-state index contributed by atoms with van der Waals surface area (Å²) in [7, 11) is 0. The van der Waals surface area contributed by atoms with Crippen LogP contribution in [0.3, 0.4) is 0 Å². The summed E-state index contributed by atoms with van der Waals surface area (Å²) in [6.07, 6.45) is -1.49. The number of rotatable bonds is 11. The van der Waals surface area contributed by atoms with E-state index in [0.717, 1.165) is 30.5 Å². The number of carboxylic acids is 2. The van der Waals surface area contributed by atoms with Crippen LogP contribution < -0.4 is 15.4 Å². The summed E-state index contributed by atoms with van der Waals surface area (Å²) in [5.74, 6) is -5.07. The van der Waals surface area contributed by atoms with Crippen molar-refractivity contribution in [3.05, 3.63) is 83.4 Å². The van der Waals surface area contributed by atoms with Crippen molar-refractivity contribution in [2.24, 2.45) is 5.92 Å². The Bertz CT molecular complexity index is 1480. The molecule has 242 valence electrons. The number of piperidine rings is 1. The van der Waals surface area contributed by atoms with E-state index < -0.39 is 35.8 Å². The molecule has 4 N–H and O–H groups in total. The van der Waals surface area contributed by atoms with Gasteiger partial charge >= 0.3 is 18.1 Å². The van der Waals surface area contributed by atoms with E-state index in [4.69, 9.17) is 19.7 Å². The molecule has 1 aliphatic heterocycles. The van der Waals surface area contributed by atoms with Crippen LogP contribution in [0.4, 0.5) is 22.0 Å². The van der Waals surface area contributed by atoms with Crippen molar-refractivity contribution in [2.75, 3.05) is 25.9 Å². The predicted octanol–water partition coefficient (Wildman–Crippen LogP) is 5.79. The number of carbonyl (C=O) groups is 3. The van der Waals surface area contributed by atoms with Gasteiger partial charge < -0.3 is 20.3 Å². The number of hydrogen-bond acceptors (Lipinski definition) is 7. The average molecular weight is 655 g/mol. The van der Waals surface area contributed by atoms with E-state index >= 15 is 0 Å². The van der Waals surface area contributed by atoms with Crippen LogP contribution in [0.5, 0.6) is 5.75 Å². The van der Waals surface area contributed by atoms with Crippen LogP contribution in [0.25, 0.3) is 11.1 Å². The van der Waals surface area contributed by atoms with Crippen molar-refractivity contribution in [3.8, 4) is 16.9 Å². The lowest BCUT2D eigenvalue weighted by molar-refractivity contribution is -0.192. The summed E-state index contributed by atoms with van der Waals surface area (Å²) in [4.78, 5) is 34.1. The van der Waals surface area contributed by atoms with Gasteiger partial charge in [0.2, 0.25) is 0 Å². The molecule has 0 saturated carbocycles. The summed E-state index contributed by atoms with van der Waals surface area (Å²) in [5, 5.41) is 22.5. The van der Waals surface area contributed by atoms with E-state index in [-0.39, 0.29) is 24.9 Å². The number of hydrogen-bond donors (Lipinski definition) is 4. The van der Waals surface area contributed by atoms with Crippen molar-refractivity contribution in [2.45, 2.75) is 36.6 Å². The zero-order valence-corrected chi connectivity index (χ0v) is 24.8. The van der Waals surface area contributed by atoms with Gasteiger partial charge in [0.05, 0.1) is 12.6 Å². The minimum atomic E-state index is -5.08. The van der Waals surface area contributed by atoms with Gasteiger partial charge in [-0.05, 0) is 85.1 Å². The predicted molar refractivity (Wildman–Crippen MR) is 157 cm³/mol. The van der Waals surface area contributed by atoms with Gasteiger partial charge in [-0.15, -0.1) is 11.8 Å². The molecule has 8 nitrogen and oxygen atoms in total. The molecule has 0 spiro atoms. The van der Waals surface area contributed by atoms with E-state index in [0.29, 0.717) is 28.3 Å². The fraction of sp³-hybridized carbons (Fsp3) is 0.323. The fourth-order valence-electron chi connectivity index (χ4n) is 4.65. The van der Waals surface area contributed by atoms with Gasteiger partial charge in [0.1, 0.15) is 12.4 Å². The molecule has 1 saturated heterocycles. The van der Waals surface area contributed by atoms with Crippen molar-refractivity contribution < 1.29 is 51.3 Å². The SMILES string of the molecule is CSc1cc(F)c(F)cc1-c1ccc(OCc2cccc(C(=O)C(NCC(=O)O)C3CCCNC3)c2)cc1.O=C(O)C(F)(F)F. The number of halogens is 5. The summed E-state index contributed by atoms with van der Waals surface area (Å²) in [6.45, 7) is 1.49. The van der Waals surface area contributed by atoms with Crippen molar-refractivity contribution >= 4 is 29.5 Å². The summed E-state index contributed by atoms with van der Waals surface area (Å²) >= 11 is 1.34. The van der Waals surface area contributed by atoms with Crippen LogP contribution in [0.2, 0.25) is 0 Å². The number of carboxylic acid groups (broad SMARTS) is 2. The number of benzene rings is 3. The Labute approximate surface area is 260 Å². The second kappa shape index (κ2) is 16.3. The highest BCUT2D eigenvalue weighted by Crippen LogP contribution is 2.33. The molecule has 2 unspecified atom stereocenters. The first-order valence-electron chi connectivity index (χ1n) is 13.7. The second-order valence-corrected chi connectivity index (χ2v) is 10.9. The first-order valence-corrected chi connectivity index (χ1v) is 14.9. The summed E-state index contributed by atoms with van der Waals surface area (Å²) < 4.78 is 65.1. The number of nitrogens with one attached hydrogen (secondary N) is 2. The van der Waals surface area contributed by atoms with Crippen molar-refractivity contribution in [1.82, 2.24) is 10.6 Å². The normalized spacial score (nSPS) is 15.4. The van der Waals surface area contributed by atoms with Crippen molar-refractivity contribution in [3.63, 3.8) is 0 Å². The molecular formula is C31H31F5N2O6S. The molecule has 4 rings (SSSR count). The minimum absolute atomic E-state index is 0.00947. The number of thioether (sulfide) groups is 1. The number of ether oxygens (including phenoxy) is 1. The van der Waals surface area contributed by atoms with Gasteiger partial charge in [-0.1, -0.05) is 30.3 Å². The Morgan fingerprint density at radius 2 is 1.71 bits per heavy atom. The molecule has 14 heteroatoms. The maximum atomic E-state index is 13.8. The number of ketones is 1. The van der Waals surface area contributed by atoms with Gasteiger partial charge in [0, 0.05) is 10.5 Å². The van der Waals surface area contributed by atoms with Crippen LogP contribution in [0, 0.1) is 17.6 Å². The Balaban J connectivity index is 0.000000707. The number of aliphatic carboxylic acids is 2. The van der Waals surface area contributed by atoms with Gasteiger partial charge in [0.25, 0.3) is 0 Å². The molecule has 2 atom stereocenters. The molecule has 3 aromatic rings. The molecule has 0 aliphatic carbocycles.